The predicted octanol–water partition coefficient (Wildman–Crippen LogP) is 6.70. The van der Waals surface area contributed by atoms with Crippen molar-refractivity contribution in [2.24, 2.45) is 0 Å². The van der Waals surface area contributed by atoms with Crippen LogP contribution in [-0.2, 0) is 11.4 Å². The van der Waals surface area contributed by atoms with E-state index in [9.17, 15) is 9.59 Å². The van der Waals surface area contributed by atoms with Crippen molar-refractivity contribution >= 4 is 29.0 Å². The summed E-state index contributed by atoms with van der Waals surface area (Å²) < 4.78 is 17.7. The largest absolute Gasteiger partial charge is 0.491 e. The second kappa shape index (κ2) is 12.0. The van der Waals surface area contributed by atoms with Crippen LogP contribution >= 0.6 is 11.8 Å². The zero-order valence-corrected chi connectivity index (χ0v) is 22.4. The van der Waals surface area contributed by atoms with Gasteiger partial charge in [-0.2, -0.15) is 0 Å². The van der Waals surface area contributed by atoms with Crippen molar-refractivity contribution in [1.82, 2.24) is 4.90 Å². The van der Waals surface area contributed by atoms with Gasteiger partial charge in [0.05, 0.1) is 18.1 Å². The molecule has 0 aromatic heterocycles. The highest BCUT2D eigenvalue weighted by molar-refractivity contribution is 8.18. The number of benzene rings is 3. The molecule has 0 radical (unpaired) electrons. The van der Waals surface area contributed by atoms with Crippen LogP contribution in [0.2, 0.25) is 0 Å². The topological polar surface area (TPSA) is 65.1 Å². The van der Waals surface area contributed by atoms with Gasteiger partial charge in [0.1, 0.15) is 19.0 Å². The maximum atomic E-state index is 13.0. The summed E-state index contributed by atoms with van der Waals surface area (Å²) >= 11 is 0.932. The lowest BCUT2D eigenvalue weighted by Crippen LogP contribution is -2.32. The monoisotopic (exact) mass is 517 g/mol. The maximum absolute atomic E-state index is 13.0. The van der Waals surface area contributed by atoms with Crippen LogP contribution < -0.4 is 14.2 Å². The lowest BCUT2D eigenvalue weighted by Gasteiger charge is -2.15. The van der Waals surface area contributed by atoms with Gasteiger partial charge in [0.25, 0.3) is 11.1 Å². The van der Waals surface area contributed by atoms with Crippen LogP contribution in [0.4, 0.5) is 4.79 Å². The van der Waals surface area contributed by atoms with Crippen molar-refractivity contribution in [3.63, 3.8) is 0 Å². The molecule has 3 aromatic rings. The lowest BCUT2D eigenvalue weighted by molar-refractivity contribution is -0.123. The van der Waals surface area contributed by atoms with E-state index in [1.165, 1.54) is 10.5 Å². The minimum atomic E-state index is -0.322. The van der Waals surface area contributed by atoms with Crippen LogP contribution in [0.25, 0.3) is 6.08 Å². The van der Waals surface area contributed by atoms with E-state index in [-0.39, 0.29) is 24.3 Å². The summed E-state index contributed by atoms with van der Waals surface area (Å²) in [6.07, 6.45) is 1.71. The molecular weight excluding hydrogens is 486 g/mol. The van der Waals surface area contributed by atoms with Crippen molar-refractivity contribution < 1.29 is 23.8 Å². The zero-order valence-electron chi connectivity index (χ0n) is 21.6. The van der Waals surface area contributed by atoms with Crippen LogP contribution in [-0.4, -0.2) is 35.8 Å². The van der Waals surface area contributed by atoms with Crippen molar-refractivity contribution in [3.8, 4) is 17.2 Å². The fourth-order valence-corrected chi connectivity index (χ4v) is 4.78. The molecule has 1 heterocycles. The van der Waals surface area contributed by atoms with Crippen LogP contribution in [0, 0.1) is 20.8 Å². The van der Waals surface area contributed by atoms with Gasteiger partial charge in [-0.25, -0.2) is 0 Å². The number of amides is 2. The SMILES string of the molecule is CCOc1cc(/C=C2\SC(=O)N(CCOc3cc(C)ccc3C)C2=O)ccc1OCc1cccc(C)c1. The molecule has 0 aliphatic carbocycles. The van der Waals surface area contributed by atoms with Crippen molar-refractivity contribution in [1.29, 1.82) is 0 Å². The predicted molar refractivity (Wildman–Crippen MR) is 147 cm³/mol. The maximum Gasteiger partial charge on any atom is 0.293 e. The second-order valence-corrected chi connectivity index (χ2v) is 9.86. The van der Waals surface area contributed by atoms with Gasteiger partial charge in [0.2, 0.25) is 0 Å². The summed E-state index contributed by atoms with van der Waals surface area (Å²) in [6.45, 7) is 9.22. The Bertz CT molecular complexity index is 1330. The molecule has 4 rings (SSSR count). The third-order valence-electron chi connectivity index (χ3n) is 5.83. The third kappa shape index (κ3) is 6.74. The van der Waals surface area contributed by atoms with E-state index >= 15 is 0 Å². The Balaban J connectivity index is 1.42. The normalized spacial score (nSPS) is 14.4. The average Bonchev–Trinajstić information content (AvgIpc) is 3.13. The molecule has 1 aliphatic rings. The van der Waals surface area contributed by atoms with E-state index in [1.54, 1.807) is 6.08 Å². The highest BCUT2D eigenvalue weighted by atomic mass is 32.2. The molecule has 37 heavy (non-hydrogen) atoms. The van der Waals surface area contributed by atoms with Gasteiger partial charge in [0.15, 0.2) is 11.5 Å². The first-order chi connectivity index (χ1) is 17.8. The first-order valence-electron chi connectivity index (χ1n) is 12.2. The molecule has 7 heteroatoms. The molecule has 0 spiro atoms. The van der Waals surface area contributed by atoms with Gasteiger partial charge >= 0.3 is 0 Å². The first kappa shape index (κ1) is 26.4. The Morgan fingerprint density at radius 3 is 2.43 bits per heavy atom. The Kier molecular flexibility index (Phi) is 8.56. The molecule has 1 aliphatic heterocycles. The van der Waals surface area contributed by atoms with E-state index in [2.05, 4.69) is 6.07 Å². The highest BCUT2D eigenvalue weighted by Crippen LogP contribution is 2.35. The molecule has 0 N–H and O–H groups in total. The molecule has 3 aromatic carbocycles. The summed E-state index contributed by atoms with van der Waals surface area (Å²) in [7, 11) is 0. The number of hydrogen-bond donors (Lipinski definition) is 0. The number of nitrogens with zero attached hydrogens (tertiary/aromatic N) is 1. The highest BCUT2D eigenvalue weighted by Gasteiger charge is 2.34. The van der Waals surface area contributed by atoms with Crippen LogP contribution in [0.5, 0.6) is 17.2 Å². The van der Waals surface area contributed by atoms with Crippen LogP contribution in [0.15, 0.2) is 65.6 Å². The molecular formula is C30H31NO5S. The Hall–Kier alpha value is -3.71. The van der Waals surface area contributed by atoms with E-state index in [4.69, 9.17) is 14.2 Å². The summed E-state index contributed by atoms with van der Waals surface area (Å²) in [5.74, 6) is 1.65. The third-order valence-corrected chi connectivity index (χ3v) is 6.74. The molecule has 1 saturated heterocycles. The number of imide groups is 1. The molecule has 192 valence electrons. The fourth-order valence-electron chi connectivity index (χ4n) is 3.92. The van der Waals surface area contributed by atoms with Gasteiger partial charge in [-0.3, -0.25) is 14.5 Å². The smallest absolute Gasteiger partial charge is 0.293 e. The van der Waals surface area contributed by atoms with E-state index in [0.717, 1.165) is 39.8 Å². The van der Waals surface area contributed by atoms with E-state index < -0.39 is 0 Å². The minimum absolute atomic E-state index is 0.186. The fraction of sp³-hybridized carbons (Fsp3) is 0.267. The first-order valence-corrected chi connectivity index (χ1v) is 13.1. The molecule has 0 unspecified atom stereocenters. The quantitative estimate of drug-likeness (QED) is 0.279. The Morgan fingerprint density at radius 2 is 1.65 bits per heavy atom. The summed E-state index contributed by atoms with van der Waals surface area (Å²) in [5, 5.41) is -0.302. The Labute approximate surface area is 222 Å². The zero-order chi connectivity index (χ0) is 26.4. The van der Waals surface area contributed by atoms with Gasteiger partial charge in [-0.15, -0.1) is 0 Å². The van der Waals surface area contributed by atoms with Gasteiger partial charge in [-0.05, 0) is 86.0 Å². The van der Waals surface area contributed by atoms with E-state index in [1.807, 2.05) is 82.3 Å². The molecule has 0 bridgehead atoms. The number of hydrogen-bond acceptors (Lipinski definition) is 6. The second-order valence-electron chi connectivity index (χ2n) is 8.87. The summed E-state index contributed by atoms with van der Waals surface area (Å²) in [4.78, 5) is 27.1. The molecule has 2 amide bonds. The van der Waals surface area contributed by atoms with Crippen molar-refractivity contribution in [2.45, 2.75) is 34.3 Å². The summed E-state index contributed by atoms with van der Waals surface area (Å²) in [5.41, 5.74) is 5.10. The number of rotatable bonds is 10. The number of carbonyl (C=O) groups excluding carboxylic acids is 2. The summed E-state index contributed by atoms with van der Waals surface area (Å²) in [6, 6.07) is 19.6. The molecule has 1 fully saturated rings. The van der Waals surface area contributed by atoms with Crippen LogP contribution in [0.1, 0.15) is 34.7 Å². The standard InChI is InChI=1S/C30H31NO5S/c1-5-34-27-17-23(11-12-25(27)36-19-24-8-6-7-20(2)15-24)18-28-29(32)31(30(33)37-28)13-14-35-26-16-21(3)9-10-22(26)4/h6-12,15-18H,5,13-14,19H2,1-4H3/b28-18-. The Morgan fingerprint density at radius 1 is 0.838 bits per heavy atom. The van der Waals surface area contributed by atoms with Crippen molar-refractivity contribution in [3.05, 3.63) is 93.4 Å². The van der Waals surface area contributed by atoms with Crippen molar-refractivity contribution in [2.75, 3.05) is 19.8 Å². The minimum Gasteiger partial charge on any atom is -0.491 e. The average molecular weight is 518 g/mol. The van der Waals surface area contributed by atoms with Gasteiger partial charge < -0.3 is 14.2 Å². The van der Waals surface area contributed by atoms with Gasteiger partial charge in [0, 0.05) is 0 Å². The van der Waals surface area contributed by atoms with E-state index in [0.29, 0.717) is 29.6 Å². The molecule has 6 nitrogen and oxygen atoms in total. The number of ether oxygens (including phenoxy) is 3. The molecule has 0 saturated carbocycles. The number of carbonyl (C=O) groups is 2. The number of thioether (sulfide) groups is 1. The lowest BCUT2D eigenvalue weighted by atomic mass is 10.1. The molecule has 0 atom stereocenters. The van der Waals surface area contributed by atoms with Crippen LogP contribution in [0.3, 0.4) is 0 Å². The number of aryl methyl sites for hydroxylation is 3. The van der Waals surface area contributed by atoms with Gasteiger partial charge in [-0.1, -0.05) is 48.0 Å².